The summed E-state index contributed by atoms with van der Waals surface area (Å²) in [5.41, 5.74) is 3.03. The van der Waals surface area contributed by atoms with E-state index < -0.39 is 5.54 Å². The van der Waals surface area contributed by atoms with E-state index in [1.807, 2.05) is 6.34 Å². The molecule has 5 rings (SSSR count). The topological polar surface area (TPSA) is 54.5 Å². The first-order chi connectivity index (χ1) is 17.8. The smallest absolute Gasteiger partial charge is 0.233 e. The Balaban J connectivity index is 1.53. The van der Waals surface area contributed by atoms with Crippen LogP contribution < -0.4 is 0 Å². The average molecular weight is 479 g/mol. The first-order valence-electron chi connectivity index (χ1n) is 13.1. The van der Waals surface area contributed by atoms with Crippen LogP contribution in [0.3, 0.4) is 0 Å². The third kappa shape index (κ3) is 4.83. The summed E-state index contributed by atoms with van der Waals surface area (Å²) in [6.45, 7) is 3.59. The predicted molar refractivity (Wildman–Crippen MR) is 144 cm³/mol. The second-order valence-corrected chi connectivity index (χ2v) is 9.50. The zero-order chi connectivity index (χ0) is 24.6. The maximum atomic E-state index is 5.78. The summed E-state index contributed by atoms with van der Waals surface area (Å²) in [7, 11) is 0. The van der Waals surface area contributed by atoms with E-state index in [0.717, 1.165) is 25.2 Å². The zero-order valence-corrected chi connectivity index (χ0v) is 21.0. The Labute approximate surface area is 213 Å². The molecule has 184 valence electrons. The van der Waals surface area contributed by atoms with Crippen LogP contribution in [0.1, 0.15) is 66.9 Å². The van der Waals surface area contributed by atoms with Gasteiger partial charge in [0.15, 0.2) is 5.82 Å². The van der Waals surface area contributed by atoms with E-state index in [2.05, 4.69) is 108 Å². The number of aromatic nitrogens is 2. The van der Waals surface area contributed by atoms with Crippen molar-refractivity contribution in [3.63, 3.8) is 0 Å². The summed E-state index contributed by atoms with van der Waals surface area (Å²) in [5.74, 6) is 1.52. The molecular formula is C31H34N4O. The van der Waals surface area contributed by atoms with Crippen LogP contribution in [0, 0.1) is 0 Å². The molecule has 1 aliphatic rings. The van der Waals surface area contributed by atoms with Gasteiger partial charge in [0.25, 0.3) is 0 Å². The first kappa shape index (κ1) is 24.0. The number of hydrogen-bond acceptors (Lipinski definition) is 5. The fourth-order valence-electron chi connectivity index (χ4n) is 5.28. The van der Waals surface area contributed by atoms with Gasteiger partial charge in [0.2, 0.25) is 5.89 Å². The highest BCUT2D eigenvalue weighted by Crippen LogP contribution is 2.43. The Morgan fingerprint density at radius 1 is 0.806 bits per heavy atom. The van der Waals surface area contributed by atoms with Gasteiger partial charge in [0.1, 0.15) is 5.54 Å². The molecule has 0 spiro atoms. The fourth-order valence-corrected chi connectivity index (χ4v) is 5.28. The molecule has 0 fully saturated rings. The summed E-state index contributed by atoms with van der Waals surface area (Å²) in [4.78, 5) is 12.0. The quantitative estimate of drug-likeness (QED) is 0.190. The summed E-state index contributed by atoms with van der Waals surface area (Å²) < 4.78 is 5.78. The van der Waals surface area contributed by atoms with Gasteiger partial charge < -0.3 is 9.42 Å². The van der Waals surface area contributed by atoms with Crippen LogP contribution in [0.2, 0.25) is 0 Å². The maximum absolute atomic E-state index is 5.78. The molecule has 4 aromatic rings. The molecule has 0 aliphatic carbocycles. The number of hydrogen-bond donors (Lipinski definition) is 0. The molecular weight excluding hydrogens is 444 g/mol. The van der Waals surface area contributed by atoms with E-state index in [1.165, 1.54) is 36.0 Å². The van der Waals surface area contributed by atoms with Gasteiger partial charge >= 0.3 is 0 Å². The molecule has 1 atom stereocenters. The van der Waals surface area contributed by atoms with Crippen LogP contribution in [0.15, 0.2) is 101 Å². The minimum Gasteiger partial charge on any atom is -0.344 e. The van der Waals surface area contributed by atoms with Gasteiger partial charge in [-0.05, 0) is 23.1 Å². The first-order valence-corrected chi connectivity index (χ1v) is 13.1. The van der Waals surface area contributed by atoms with Gasteiger partial charge in [-0.3, -0.25) is 4.99 Å². The van der Waals surface area contributed by atoms with E-state index in [-0.39, 0.29) is 5.92 Å². The molecule has 3 aromatic carbocycles. The van der Waals surface area contributed by atoms with Crippen LogP contribution in [0.4, 0.5) is 0 Å². The summed E-state index contributed by atoms with van der Waals surface area (Å²) in [6.07, 6.45) is 7.64. The van der Waals surface area contributed by atoms with Crippen LogP contribution >= 0.6 is 0 Å². The number of benzene rings is 3. The lowest BCUT2D eigenvalue weighted by Gasteiger charge is -2.46. The second-order valence-electron chi connectivity index (χ2n) is 9.50. The lowest BCUT2D eigenvalue weighted by molar-refractivity contribution is 0.228. The second kappa shape index (κ2) is 11.3. The highest BCUT2D eigenvalue weighted by atomic mass is 16.5. The number of aryl methyl sites for hydroxylation is 1. The minimum absolute atomic E-state index is 0.0300. The Hall–Kier alpha value is -3.73. The highest BCUT2D eigenvalue weighted by molar-refractivity contribution is 5.64. The molecule has 5 heteroatoms. The Morgan fingerprint density at radius 3 is 1.94 bits per heavy atom. The lowest BCUT2D eigenvalue weighted by atomic mass is 9.75. The van der Waals surface area contributed by atoms with Gasteiger partial charge in [0, 0.05) is 13.0 Å². The SMILES string of the molecule is CCCCCCc1noc(C2CN=CN(C(c3ccccc3)(c3ccccc3)c3ccccc3)C2)n1. The van der Waals surface area contributed by atoms with Crippen LogP contribution in [-0.2, 0) is 12.0 Å². The van der Waals surface area contributed by atoms with Crippen molar-refractivity contribution in [2.75, 3.05) is 13.1 Å². The molecule has 0 bridgehead atoms. The van der Waals surface area contributed by atoms with Gasteiger partial charge in [-0.1, -0.05) is 122 Å². The van der Waals surface area contributed by atoms with E-state index >= 15 is 0 Å². The molecule has 0 saturated heterocycles. The van der Waals surface area contributed by atoms with E-state index in [4.69, 9.17) is 14.5 Å². The Bertz CT molecular complexity index is 1140. The van der Waals surface area contributed by atoms with Crippen LogP contribution in [-0.4, -0.2) is 34.5 Å². The van der Waals surface area contributed by atoms with E-state index in [0.29, 0.717) is 12.4 Å². The number of nitrogens with zero attached hydrogens (tertiary/aromatic N) is 4. The number of aliphatic imine (C=N–C) groups is 1. The molecule has 0 radical (unpaired) electrons. The number of unbranched alkanes of at least 4 members (excludes halogenated alkanes) is 3. The third-order valence-corrected chi connectivity index (χ3v) is 7.06. The molecule has 1 unspecified atom stereocenters. The van der Waals surface area contributed by atoms with Crippen molar-refractivity contribution >= 4 is 6.34 Å². The summed E-state index contributed by atoms with van der Waals surface area (Å²) >= 11 is 0. The molecule has 0 amide bonds. The molecule has 36 heavy (non-hydrogen) atoms. The van der Waals surface area contributed by atoms with Gasteiger partial charge in [0.05, 0.1) is 18.8 Å². The lowest BCUT2D eigenvalue weighted by Crippen LogP contribution is -2.50. The minimum atomic E-state index is -0.547. The monoisotopic (exact) mass is 478 g/mol. The molecule has 2 heterocycles. The number of rotatable bonds is 10. The van der Waals surface area contributed by atoms with Crippen molar-refractivity contribution in [2.24, 2.45) is 4.99 Å². The van der Waals surface area contributed by atoms with Gasteiger partial charge in [-0.15, -0.1) is 0 Å². The van der Waals surface area contributed by atoms with Crippen molar-refractivity contribution < 1.29 is 4.52 Å². The Kier molecular flexibility index (Phi) is 7.55. The van der Waals surface area contributed by atoms with Gasteiger partial charge in [-0.25, -0.2) is 0 Å². The molecule has 0 N–H and O–H groups in total. The molecule has 1 aliphatic heterocycles. The van der Waals surface area contributed by atoms with Crippen molar-refractivity contribution in [2.45, 2.75) is 50.5 Å². The van der Waals surface area contributed by atoms with E-state index in [9.17, 15) is 0 Å². The average Bonchev–Trinajstić information content (AvgIpc) is 3.43. The molecule has 5 nitrogen and oxygen atoms in total. The van der Waals surface area contributed by atoms with Crippen molar-refractivity contribution in [1.29, 1.82) is 0 Å². The molecule has 1 aromatic heterocycles. The normalized spacial score (nSPS) is 15.8. The Morgan fingerprint density at radius 2 is 1.39 bits per heavy atom. The summed E-state index contributed by atoms with van der Waals surface area (Å²) in [6, 6.07) is 32.1. The zero-order valence-electron chi connectivity index (χ0n) is 21.0. The standard InChI is InChI=1S/C31H34N4O/c1-2-3-4-14-21-29-33-30(36-34-29)25-22-32-24-35(23-25)31(26-15-8-5-9-16-26,27-17-10-6-11-18-27)28-19-12-7-13-20-28/h5-13,15-20,24-25H,2-4,14,21-23H2,1H3. The fraction of sp³-hybridized carbons (Fsp3) is 0.323. The van der Waals surface area contributed by atoms with Crippen LogP contribution in [0.5, 0.6) is 0 Å². The molecule has 0 saturated carbocycles. The third-order valence-electron chi connectivity index (χ3n) is 7.06. The van der Waals surface area contributed by atoms with Crippen molar-refractivity contribution in [3.05, 3.63) is 119 Å². The van der Waals surface area contributed by atoms with E-state index in [1.54, 1.807) is 0 Å². The maximum Gasteiger partial charge on any atom is 0.233 e. The predicted octanol–water partition coefficient (Wildman–Crippen LogP) is 6.61. The highest BCUT2D eigenvalue weighted by Gasteiger charge is 2.43. The van der Waals surface area contributed by atoms with Crippen LogP contribution in [0.25, 0.3) is 0 Å². The van der Waals surface area contributed by atoms with Crippen molar-refractivity contribution in [1.82, 2.24) is 15.0 Å². The van der Waals surface area contributed by atoms with Gasteiger partial charge in [-0.2, -0.15) is 4.98 Å². The largest absolute Gasteiger partial charge is 0.344 e. The van der Waals surface area contributed by atoms with Crippen molar-refractivity contribution in [3.8, 4) is 0 Å². The summed E-state index contributed by atoms with van der Waals surface area (Å²) in [5, 5.41) is 4.29.